The van der Waals surface area contributed by atoms with Crippen molar-refractivity contribution in [1.82, 2.24) is 5.32 Å². The summed E-state index contributed by atoms with van der Waals surface area (Å²) in [6.07, 6.45) is 0.723. The molecule has 0 aliphatic rings. The summed E-state index contributed by atoms with van der Waals surface area (Å²) in [6.45, 7) is 0.528. The summed E-state index contributed by atoms with van der Waals surface area (Å²) < 4.78 is 11.4. The molecule has 2 aromatic carbocycles. The molecule has 2 aromatic rings. The molecular weight excluding hydrogens is 539 g/mol. The van der Waals surface area contributed by atoms with Crippen molar-refractivity contribution in [3.63, 3.8) is 0 Å². The second-order valence-corrected chi connectivity index (χ2v) is 6.54. The van der Waals surface area contributed by atoms with Gasteiger partial charge in [-0.3, -0.25) is 4.79 Å². The summed E-state index contributed by atoms with van der Waals surface area (Å²) in [6, 6.07) is 13.1. The zero-order valence-corrected chi connectivity index (χ0v) is 19.6. The van der Waals surface area contributed by atoms with Crippen molar-refractivity contribution in [2.75, 3.05) is 32.6 Å². The molecule has 0 atom stereocenters. The number of hydrogen-bond acceptors (Lipinski definition) is 4. The quantitative estimate of drug-likeness (QED) is 0.261. The van der Waals surface area contributed by atoms with Gasteiger partial charge in [0.25, 0.3) is 0 Å². The number of anilines is 1. The highest BCUT2D eigenvalue weighted by atomic mass is 127. The molecular formula is C19H24BrIN4O3. The Bertz CT molecular complexity index is 818. The number of nitrogens with zero attached hydrogens (tertiary/aromatic N) is 1. The van der Waals surface area contributed by atoms with E-state index in [1.54, 1.807) is 20.3 Å². The molecule has 1 amide bonds. The molecule has 9 heteroatoms. The van der Waals surface area contributed by atoms with Crippen LogP contribution >= 0.6 is 39.9 Å². The topological polar surface area (TPSA) is 98.0 Å². The van der Waals surface area contributed by atoms with Crippen LogP contribution in [0.3, 0.4) is 0 Å². The number of amides is 1. The number of carbonyl (C=O) groups is 1. The van der Waals surface area contributed by atoms with Gasteiger partial charge in [-0.15, -0.1) is 24.0 Å². The lowest BCUT2D eigenvalue weighted by Gasteiger charge is -2.10. The van der Waals surface area contributed by atoms with Gasteiger partial charge < -0.3 is 25.8 Å². The highest BCUT2D eigenvalue weighted by molar-refractivity contribution is 14.0. The molecule has 7 nitrogen and oxygen atoms in total. The van der Waals surface area contributed by atoms with Crippen LogP contribution in [0.1, 0.15) is 5.56 Å². The van der Waals surface area contributed by atoms with E-state index in [0.29, 0.717) is 23.7 Å². The molecule has 0 unspecified atom stereocenters. The fraction of sp³-hybridized carbons (Fsp3) is 0.263. The Labute approximate surface area is 190 Å². The molecule has 2 rings (SSSR count). The Morgan fingerprint density at radius 2 is 1.89 bits per heavy atom. The first-order chi connectivity index (χ1) is 13.0. The summed E-state index contributed by atoms with van der Waals surface area (Å²) in [4.78, 5) is 16.0. The second kappa shape index (κ2) is 12.4. The summed E-state index contributed by atoms with van der Waals surface area (Å²) in [5, 5.41) is 5.75. The standard InChI is InChI=1S/C19H23BrN4O3.HI/c1-26-16-7-6-13(10-17(16)27-2)8-9-22-19(21)23-12-18(25)24-15-5-3-4-14(20)11-15;/h3-7,10-11H,8-9,12H2,1-2H3,(H,24,25)(H3,21,22,23);1H. The minimum Gasteiger partial charge on any atom is -0.493 e. The van der Waals surface area contributed by atoms with Crippen LogP contribution in [-0.4, -0.2) is 39.2 Å². The fourth-order valence-corrected chi connectivity index (χ4v) is 2.75. The first-order valence-corrected chi connectivity index (χ1v) is 9.11. The minimum atomic E-state index is -0.238. The fourth-order valence-electron chi connectivity index (χ4n) is 2.35. The monoisotopic (exact) mass is 562 g/mol. The number of rotatable bonds is 8. The molecule has 0 saturated carbocycles. The van der Waals surface area contributed by atoms with Gasteiger partial charge in [0, 0.05) is 16.7 Å². The third-order valence-corrected chi connectivity index (χ3v) is 4.16. The SMILES string of the molecule is COc1ccc(CCNC(N)=NCC(=O)Nc2cccc(Br)c2)cc1OC.I. The molecule has 0 fully saturated rings. The van der Waals surface area contributed by atoms with Crippen molar-refractivity contribution in [2.45, 2.75) is 6.42 Å². The molecule has 0 radical (unpaired) electrons. The molecule has 0 saturated heterocycles. The summed E-state index contributed by atoms with van der Waals surface area (Å²) in [7, 11) is 3.20. The molecule has 4 N–H and O–H groups in total. The number of halogens is 2. The summed E-state index contributed by atoms with van der Waals surface area (Å²) >= 11 is 3.36. The average Bonchev–Trinajstić information content (AvgIpc) is 2.66. The van der Waals surface area contributed by atoms with Crippen LogP contribution in [0.25, 0.3) is 0 Å². The number of methoxy groups -OCH3 is 2. The molecule has 0 heterocycles. The van der Waals surface area contributed by atoms with Crippen LogP contribution in [0.2, 0.25) is 0 Å². The van der Waals surface area contributed by atoms with Crippen molar-refractivity contribution in [2.24, 2.45) is 10.7 Å². The Morgan fingerprint density at radius 3 is 2.57 bits per heavy atom. The van der Waals surface area contributed by atoms with Gasteiger partial charge in [-0.25, -0.2) is 4.99 Å². The zero-order valence-electron chi connectivity index (χ0n) is 15.7. The highest BCUT2D eigenvalue weighted by Gasteiger charge is 2.05. The predicted molar refractivity (Wildman–Crippen MR) is 126 cm³/mol. The Morgan fingerprint density at radius 1 is 1.14 bits per heavy atom. The largest absolute Gasteiger partial charge is 0.493 e. The van der Waals surface area contributed by atoms with Crippen LogP contribution in [-0.2, 0) is 11.2 Å². The van der Waals surface area contributed by atoms with Gasteiger partial charge in [0.15, 0.2) is 17.5 Å². The Kier molecular flexibility index (Phi) is 10.7. The number of aliphatic imine (C=N–C) groups is 1. The number of hydrogen-bond donors (Lipinski definition) is 3. The van der Waals surface area contributed by atoms with E-state index < -0.39 is 0 Å². The van der Waals surface area contributed by atoms with E-state index in [1.165, 1.54) is 0 Å². The van der Waals surface area contributed by atoms with Gasteiger partial charge in [0.2, 0.25) is 5.91 Å². The van der Waals surface area contributed by atoms with Gasteiger partial charge in [-0.05, 0) is 42.3 Å². The summed E-state index contributed by atoms with van der Waals surface area (Å²) in [5.41, 5.74) is 7.58. The van der Waals surface area contributed by atoms with E-state index in [1.807, 2.05) is 36.4 Å². The third kappa shape index (κ3) is 7.93. The van der Waals surface area contributed by atoms with Gasteiger partial charge in [0.1, 0.15) is 6.54 Å². The maximum Gasteiger partial charge on any atom is 0.246 e. The first kappa shape index (κ1) is 24.0. The van der Waals surface area contributed by atoms with Crippen molar-refractivity contribution >= 4 is 57.5 Å². The van der Waals surface area contributed by atoms with Crippen LogP contribution in [0, 0.1) is 0 Å². The van der Waals surface area contributed by atoms with Crippen LogP contribution in [0.5, 0.6) is 11.5 Å². The minimum absolute atomic E-state index is 0. The average molecular weight is 563 g/mol. The van der Waals surface area contributed by atoms with Gasteiger partial charge in [-0.1, -0.05) is 28.1 Å². The van der Waals surface area contributed by atoms with Crippen LogP contribution in [0.15, 0.2) is 51.9 Å². The van der Waals surface area contributed by atoms with Crippen molar-refractivity contribution in [3.05, 3.63) is 52.5 Å². The number of nitrogens with two attached hydrogens (primary N) is 1. The van der Waals surface area contributed by atoms with E-state index in [4.69, 9.17) is 15.2 Å². The number of carbonyl (C=O) groups excluding carboxylic acids is 1. The Balaban J connectivity index is 0.00000392. The summed E-state index contributed by atoms with van der Waals surface area (Å²) in [5.74, 6) is 1.35. The zero-order chi connectivity index (χ0) is 19.6. The lowest BCUT2D eigenvalue weighted by atomic mass is 10.1. The lowest BCUT2D eigenvalue weighted by molar-refractivity contribution is -0.114. The second-order valence-electron chi connectivity index (χ2n) is 5.63. The molecule has 0 aliphatic heterocycles. The van der Waals surface area contributed by atoms with E-state index in [9.17, 15) is 4.79 Å². The first-order valence-electron chi connectivity index (χ1n) is 8.32. The maximum absolute atomic E-state index is 11.9. The van der Waals surface area contributed by atoms with Gasteiger partial charge in [-0.2, -0.15) is 0 Å². The number of benzene rings is 2. The van der Waals surface area contributed by atoms with Gasteiger partial charge >= 0.3 is 0 Å². The van der Waals surface area contributed by atoms with E-state index >= 15 is 0 Å². The number of ether oxygens (including phenoxy) is 2. The molecule has 0 spiro atoms. The molecule has 152 valence electrons. The predicted octanol–water partition coefficient (Wildman–Crippen LogP) is 3.17. The number of nitrogens with one attached hydrogen (secondary N) is 2. The van der Waals surface area contributed by atoms with E-state index in [2.05, 4.69) is 31.6 Å². The molecule has 0 aromatic heterocycles. The number of guanidine groups is 1. The van der Waals surface area contributed by atoms with E-state index in [0.717, 1.165) is 16.5 Å². The molecule has 0 aliphatic carbocycles. The van der Waals surface area contributed by atoms with Crippen molar-refractivity contribution in [3.8, 4) is 11.5 Å². The van der Waals surface area contributed by atoms with Crippen molar-refractivity contribution < 1.29 is 14.3 Å². The molecule has 28 heavy (non-hydrogen) atoms. The third-order valence-electron chi connectivity index (χ3n) is 3.67. The highest BCUT2D eigenvalue weighted by Crippen LogP contribution is 2.27. The normalized spacial score (nSPS) is 10.6. The Hall–Kier alpha value is -2.01. The smallest absolute Gasteiger partial charge is 0.246 e. The lowest BCUT2D eigenvalue weighted by Crippen LogP contribution is -2.34. The van der Waals surface area contributed by atoms with Crippen LogP contribution < -0.4 is 25.8 Å². The van der Waals surface area contributed by atoms with Crippen LogP contribution in [0.4, 0.5) is 5.69 Å². The maximum atomic E-state index is 11.9. The van der Waals surface area contributed by atoms with Crippen molar-refractivity contribution in [1.29, 1.82) is 0 Å². The van der Waals surface area contributed by atoms with Gasteiger partial charge in [0.05, 0.1) is 14.2 Å². The molecule has 0 bridgehead atoms. The van der Waals surface area contributed by atoms with E-state index in [-0.39, 0.29) is 42.4 Å².